The minimum atomic E-state index is -1.15. The van der Waals surface area contributed by atoms with E-state index in [0.717, 1.165) is 11.8 Å². The quantitative estimate of drug-likeness (QED) is 0.353. The number of thioether (sulfide) groups is 1. The Kier molecular flexibility index (Phi) is 8.48. The SMILES string of the molecule is CC1CC=C2CSC(NC(=O)/C3=C\N(C/C=C\C=C\C(O)CC(O)CC(=O)N3)C2=O)C(=O)O1. The van der Waals surface area contributed by atoms with Crippen LogP contribution in [0.2, 0.25) is 0 Å². The molecule has 3 heterocycles. The van der Waals surface area contributed by atoms with Crippen LogP contribution in [0.4, 0.5) is 0 Å². The molecule has 3 amide bonds. The number of nitrogens with one attached hydrogen (secondary N) is 2. The van der Waals surface area contributed by atoms with Crippen molar-refractivity contribution in [3.8, 4) is 0 Å². The Morgan fingerprint density at radius 2 is 1.97 bits per heavy atom. The van der Waals surface area contributed by atoms with Gasteiger partial charge in [-0.1, -0.05) is 30.4 Å². The molecular weight excluding hydrogens is 450 g/mol. The van der Waals surface area contributed by atoms with Crippen molar-refractivity contribution in [3.63, 3.8) is 0 Å². The summed E-state index contributed by atoms with van der Waals surface area (Å²) in [6, 6.07) is 0. The number of cyclic esters (lactones) is 1. The molecule has 33 heavy (non-hydrogen) atoms. The maximum atomic E-state index is 13.3. The van der Waals surface area contributed by atoms with E-state index in [2.05, 4.69) is 10.6 Å². The van der Waals surface area contributed by atoms with Crippen molar-refractivity contribution in [2.24, 2.45) is 0 Å². The molecule has 4 bridgehead atoms. The molecule has 0 fully saturated rings. The molecule has 0 aliphatic carbocycles. The number of rotatable bonds is 0. The second-order valence-corrected chi connectivity index (χ2v) is 8.99. The van der Waals surface area contributed by atoms with Gasteiger partial charge in [0.15, 0.2) is 5.37 Å². The molecule has 0 aromatic heterocycles. The van der Waals surface area contributed by atoms with Crippen LogP contribution < -0.4 is 10.6 Å². The second kappa shape index (κ2) is 11.3. The number of hydrogen-bond donors (Lipinski definition) is 4. The summed E-state index contributed by atoms with van der Waals surface area (Å²) in [7, 11) is 0. The van der Waals surface area contributed by atoms with Crippen LogP contribution in [-0.4, -0.2) is 74.8 Å². The molecule has 10 nitrogen and oxygen atoms in total. The van der Waals surface area contributed by atoms with E-state index in [1.54, 1.807) is 31.2 Å². The standard InChI is InChI=1S/C22H27N3O7S/c1-13-6-7-14-12-33-20(22(31)32-13)24-19(29)17-11-25(21(14)30)8-4-2-3-5-15(26)9-16(27)10-18(28)23-17/h2-5,7,11,13,15-16,20,26-27H,6,8-10,12H2,1H3,(H,23,28)(H,24,29)/b4-2-,5-3+,14-7?,17-11+. The second-order valence-electron chi connectivity index (χ2n) is 7.90. The number of fused-ring (bicyclic) bond motifs is 4. The van der Waals surface area contributed by atoms with Gasteiger partial charge in [0.2, 0.25) is 5.91 Å². The molecule has 3 rings (SSSR count). The van der Waals surface area contributed by atoms with Crippen molar-refractivity contribution in [2.45, 2.75) is 49.9 Å². The molecule has 0 aromatic carbocycles. The van der Waals surface area contributed by atoms with Gasteiger partial charge in [-0.3, -0.25) is 14.4 Å². The van der Waals surface area contributed by atoms with E-state index in [1.807, 2.05) is 0 Å². The number of amides is 3. The zero-order valence-electron chi connectivity index (χ0n) is 18.1. The third kappa shape index (κ3) is 7.04. The van der Waals surface area contributed by atoms with Crippen LogP contribution in [0.3, 0.4) is 0 Å². The third-order valence-corrected chi connectivity index (χ3v) is 6.17. The largest absolute Gasteiger partial charge is 0.460 e. The fourth-order valence-electron chi connectivity index (χ4n) is 3.35. The summed E-state index contributed by atoms with van der Waals surface area (Å²) in [6.45, 7) is 1.79. The Labute approximate surface area is 195 Å². The number of aliphatic hydroxyl groups is 2. The summed E-state index contributed by atoms with van der Waals surface area (Å²) in [5.41, 5.74) is 0.179. The van der Waals surface area contributed by atoms with Crippen molar-refractivity contribution in [1.29, 1.82) is 0 Å². The van der Waals surface area contributed by atoms with E-state index in [9.17, 15) is 29.4 Å². The van der Waals surface area contributed by atoms with Crippen LogP contribution in [0.15, 0.2) is 47.9 Å². The van der Waals surface area contributed by atoms with Gasteiger partial charge >= 0.3 is 5.97 Å². The predicted molar refractivity (Wildman–Crippen MR) is 120 cm³/mol. The molecule has 3 aliphatic rings. The number of hydrogen-bond acceptors (Lipinski definition) is 8. The lowest BCUT2D eigenvalue weighted by molar-refractivity contribution is -0.149. The summed E-state index contributed by atoms with van der Waals surface area (Å²) in [4.78, 5) is 52.6. The average molecular weight is 478 g/mol. The molecule has 4 unspecified atom stereocenters. The molecule has 0 saturated carbocycles. The number of ether oxygens (including phenoxy) is 1. The van der Waals surface area contributed by atoms with Gasteiger partial charge in [0.1, 0.15) is 11.8 Å². The smallest absolute Gasteiger partial charge is 0.339 e. The van der Waals surface area contributed by atoms with Gasteiger partial charge in [-0.2, -0.15) is 0 Å². The first-order chi connectivity index (χ1) is 15.7. The molecular formula is C22H27N3O7S. The fraction of sp³-hybridized carbons (Fsp3) is 0.455. The van der Waals surface area contributed by atoms with E-state index in [1.165, 1.54) is 17.2 Å². The zero-order chi connectivity index (χ0) is 24.0. The Hall–Kier alpha value is -2.89. The number of aliphatic hydroxyl groups excluding tert-OH is 2. The number of nitrogens with zero attached hydrogens (tertiary/aromatic N) is 1. The van der Waals surface area contributed by atoms with Crippen LogP contribution >= 0.6 is 11.8 Å². The highest BCUT2D eigenvalue weighted by atomic mass is 32.2. The maximum Gasteiger partial charge on any atom is 0.339 e. The Morgan fingerprint density at radius 3 is 2.76 bits per heavy atom. The van der Waals surface area contributed by atoms with Crippen molar-refractivity contribution in [3.05, 3.63) is 47.9 Å². The molecule has 0 radical (unpaired) electrons. The summed E-state index contributed by atoms with van der Waals surface area (Å²) in [6.07, 6.45) is 6.58. The van der Waals surface area contributed by atoms with Gasteiger partial charge in [0.05, 0.1) is 18.6 Å². The first kappa shape index (κ1) is 24.7. The van der Waals surface area contributed by atoms with E-state index in [-0.39, 0.29) is 36.7 Å². The molecule has 178 valence electrons. The number of carbonyl (C=O) groups excluding carboxylic acids is 4. The van der Waals surface area contributed by atoms with Crippen LogP contribution in [0.5, 0.6) is 0 Å². The zero-order valence-corrected chi connectivity index (χ0v) is 18.9. The van der Waals surface area contributed by atoms with Gasteiger partial charge in [-0.05, 0) is 6.92 Å². The van der Waals surface area contributed by atoms with Gasteiger partial charge in [0.25, 0.3) is 11.8 Å². The molecule has 11 heteroatoms. The highest BCUT2D eigenvalue weighted by Gasteiger charge is 2.31. The lowest BCUT2D eigenvalue weighted by atomic mass is 10.1. The van der Waals surface area contributed by atoms with Crippen molar-refractivity contribution < 1.29 is 34.1 Å². The predicted octanol–water partition coefficient (Wildman–Crippen LogP) is -0.148. The first-order valence-electron chi connectivity index (χ1n) is 10.6. The first-order valence-corrected chi connectivity index (χ1v) is 11.6. The van der Waals surface area contributed by atoms with Crippen molar-refractivity contribution >= 4 is 35.5 Å². The van der Waals surface area contributed by atoms with E-state index in [4.69, 9.17) is 4.74 Å². The average Bonchev–Trinajstić information content (AvgIpc) is 2.80. The summed E-state index contributed by atoms with van der Waals surface area (Å²) >= 11 is 1.05. The number of allylic oxidation sites excluding steroid dienone is 2. The van der Waals surface area contributed by atoms with Gasteiger partial charge in [0, 0.05) is 36.9 Å². The lowest BCUT2D eigenvalue weighted by Gasteiger charge is -2.24. The number of carbonyl (C=O) groups is 4. The molecule has 4 N–H and O–H groups in total. The Bertz CT molecular complexity index is 927. The monoisotopic (exact) mass is 477 g/mol. The number of esters is 1. The van der Waals surface area contributed by atoms with Crippen LogP contribution in [0.1, 0.15) is 26.2 Å². The summed E-state index contributed by atoms with van der Waals surface area (Å²) < 4.78 is 5.36. The minimum Gasteiger partial charge on any atom is -0.460 e. The summed E-state index contributed by atoms with van der Waals surface area (Å²) in [5.74, 6) is -2.31. The minimum absolute atomic E-state index is 0.0650. The Balaban J connectivity index is 2.03. The van der Waals surface area contributed by atoms with E-state index in [0.29, 0.717) is 12.0 Å². The lowest BCUT2D eigenvalue weighted by Crippen LogP contribution is -2.46. The molecule has 4 atom stereocenters. The van der Waals surface area contributed by atoms with Gasteiger partial charge < -0.3 is 30.5 Å². The Morgan fingerprint density at radius 1 is 1.18 bits per heavy atom. The van der Waals surface area contributed by atoms with E-state index >= 15 is 0 Å². The van der Waals surface area contributed by atoms with Crippen molar-refractivity contribution in [2.75, 3.05) is 12.3 Å². The van der Waals surface area contributed by atoms with Crippen LogP contribution in [0.25, 0.3) is 0 Å². The third-order valence-electron chi connectivity index (χ3n) is 5.05. The highest BCUT2D eigenvalue weighted by Crippen LogP contribution is 2.23. The molecule has 0 spiro atoms. The molecule has 3 aliphatic heterocycles. The van der Waals surface area contributed by atoms with Crippen LogP contribution in [0, 0.1) is 0 Å². The van der Waals surface area contributed by atoms with Crippen LogP contribution in [-0.2, 0) is 23.9 Å². The van der Waals surface area contributed by atoms with Crippen molar-refractivity contribution in [1.82, 2.24) is 15.5 Å². The molecule has 0 aromatic rings. The topological polar surface area (TPSA) is 145 Å². The van der Waals surface area contributed by atoms with E-state index < -0.39 is 41.5 Å². The van der Waals surface area contributed by atoms with Gasteiger partial charge in [-0.25, -0.2) is 4.79 Å². The maximum absolute atomic E-state index is 13.3. The summed E-state index contributed by atoms with van der Waals surface area (Å²) in [5, 5.41) is 24.0. The highest BCUT2D eigenvalue weighted by molar-refractivity contribution is 8.00. The normalized spacial score (nSPS) is 33.5. The molecule has 0 saturated heterocycles. The fourth-order valence-corrected chi connectivity index (χ4v) is 4.32. The van der Waals surface area contributed by atoms with Gasteiger partial charge in [-0.15, -0.1) is 11.8 Å².